The first-order valence-electron chi connectivity index (χ1n) is 5.29. The topological polar surface area (TPSA) is 38.3 Å². The lowest BCUT2D eigenvalue weighted by Crippen LogP contribution is -2.25. The fourth-order valence-electron chi connectivity index (χ4n) is 1.30. The highest BCUT2D eigenvalue weighted by molar-refractivity contribution is 7.99. The Labute approximate surface area is 101 Å². The third kappa shape index (κ3) is 4.57. The van der Waals surface area contributed by atoms with E-state index in [0.717, 1.165) is 12.2 Å². The monoisotopic (exact) mass is 239 g/mol. The molecule has 1 amide bonds. The molecule has 0 aliphatic heterocycles. The Morgan fingerprint density at radius 3 is 2.62 bits per heavy atom. The van der Waals surface area contributed by atoms with Gasteiger partial charge in [-0.05, 0) is 29.9 Å². The van der Waals surface area contributed by atoms with Crippen molar-refractivity contribution in [1.82, 2.24) is 5.32 Å². The van der Waals surface area contributed by atoms with Crippen molar-refractivity contribution in [3.63, 3.8) is 0 Å². The molecule has 3 nitrogen and oxygen atoms in total. The van der Waals surface area contributed by atoms with Crippen LogP contribution in [-0.4, -0.2) is 25.5 Å². The molecule has 0 aliphatic rings. The number of benzene rings is 1. The van der Waals surface area contributed by atoms with Crippen LogP contribution < -0.4 is 5.32 Å². The third-order valence-electron chi connectivity index (χ3n) is 2.10. The summed E-state index contributed by atoms with van der Waals surface area (Å²) in [6, 6.07) is 8.41. The molecule has 0 fully saturated rings. The molecule has 4 heteroatoms. The number of carbonyl (C=O) groups excluding carboxylic acids is 1. The van der Waals surface area contributed by atoms with Gasteiger partial charge in [-0.3, -0.25) is 0 Å². The molecular formula is C12H17NO2S. The molecule has 16 heavy (non-hydrogen) atoms. The number of thioether (sulfide) groups is 1. The summed E-state index contributed by atoms with van der Waals surface area (Å²) in [4.78, 5) is 12.1. The molecule has 0 radical (unpaired) electrons. The summed E-state index contributed by atoms with van der Waals surface area (Å²) in [6.45, 7) is 2.74. The van der Waals surface area contributed by atoms with Crippen molar-refractivity contribution in [2.75, 3.05) is 19.4 Å². The summed E-state index contributed by atoms with van der Waals surface area (Å²) in [7, 11) is 1.37. The molecule has 0 atom stereocenters. The molecule has 0 aliphatic carbocycles. The van der Waals surface area contributed by atoms with E-state index in [0.29, 0.717) is 6.54 Å². The van der Waals surface area contributed by atoms with Crippen molar-refractivity contribution in [2.45, 2.75) is 18.2 Å². The van der Waals surface area contributed by atoms with Gasteiger partial charge in [-0.25, -0.2) is 4.79 Å². The highest BCUT2D eigenvalue weighted by Gasteiger charge is 1.98. The Balaban J connectivity index is 2.34. The van der Waals surface area contributed by atoms with Gasteiger partial charge in [0, 0.05) is 11.4 Å². The Bertz CT molecular complexity index is 324. The highest BCUT2D eigenvalue weighted by atomic mass is 32.2. The smallest absolute Gasteiger partial charge is 0.406 e. The Kier molecular flexibility index (Phi) is 5.78. The third-order valence-corrected chi connectivity index (χ3v) is 3.00. The second kappa shape index (κ2) is 7.17. The average molecular weight is 239 g/mol. The van der Waals surface area contributed by atoms with Crippen molar-refractivity contribution in [3.05, 3.63) is 29.8 Å². The lowest BCUT2D eigenvalue weighted by molar-refractivity contribution is 0.171. The maximum atomic E-state index is 10.8. The number of nitrogens with one attached hydrogen (secondary N) is 1. The van der Waals surface area contributed by atoms with Gasteiger partial charge in [-0.2, -0.15) is 0 Å². The van der Waals surface area contributed by atoms with Crippen molar-refractivity contribution in [3.8, 4) is 0 Å². The normalized spacial score (nSPS) is 9.88. The molecule has 1 N–H and O–H groups in total. The van der Waals surface area contributed by atoms with E-state index in [9.17, 15) is 4.79 Å². The maximum Gasteiger partial charge on any atom is 0.406 e. The van der Waals surface area contributed by atoms with Crippen LogP contribution in [0.5, 0.6) is 0 Å². The first kappa shape index (κ1) is 12.9. The zero-order chi connectivity index (χ0) is 11.8. The van der Waals surface area contributed by atoms with Crippen LogP contribution in [0.1, 0.15) is 12.5 Å². The van der Waals surface area contributed by atoms with Gasteiger partial charge >= 0.3 is 6.09 Å². The van der Waals surface area contributed by atoms with Crippen LogP contribution in [-0.2, 0) is 11.2 Å². The average Bonchev–Trinajstić information content (AvgIpc) is 2.31. The first-order chi connectivity index (χ1) is 7.76. The van der Waals surface area contributed by atoms with Gasteiger partial charge in [0.05, 0.1) is 7.11 Å². The van der Waals surface area contributed by atoms with Gasteiger partial charge in [0.15, 0.2) is 0 Å². The number of rotatable bonds is 5. The molecule has 0 unspecified atom stereocenters. The van der Waals surface area contributed by atoms with Crippen LogP contribution in [0.4, 0.5) is 4.79 Å². The van der Waals surface area contributed by atoms with Crippen LogP contribution in [0.3, 0.4) is 0 Å². The summed E-state index contributed by atoms with van der Waals surface area (Å²) in [6.07, 6.45) is 0.449. The van der Waals surface area contributed by atoms with Crippen LogP contribution in [0.2, 0.25) is 0 Å². The fourth-order valence-corrected chi connectivity index (χ4v) is 1.96. The Hall–Kier alpha value is -1.16. The van der Waals surface area contributed by atoms with E-state index < -0.39 is 0 Å². The van der Waals surface area contributed by atoms with Crippen LogP contribution in [0.15, 0.2) is 29.2 Å². The number of ether oxygens (including phenoxy) is 1. The van der Waals surface area contributed by atoms with E-state index in [4.69, 9.17) is 0 Å². The van der Waals surface area contributed by atoms with E-state index in [1.54, 1.807) is 0 Å². The first-order valence-corrected chi connectivity index (χ1v) is 6.28. The quantitative estimate of drug-likeness (QED) is 0.803. The number of hydrogen-bond donors (Lipinski definition) is 1. The van der Waals surface area contributed by atoms with Gasteiger partial charge in [0.25, 0.3) is 0 Å². The van der Waals surface area contributed by atoms with Gasteiger partial charge in [0.2, 0.25) is 0 Å². The number of carbonyl (C=O) groups is 1. The van der Waals surface area contributed by atoms with Crippen LogP contribution >= 0.6 is 11.8 Å². The SMILES string of the molecule is CCSc1ccc(CCNC(=O)OC)cc1. The van der Waals surface area contributed by atoms with Crippen molar-refractivity contribution in [1.29, 1.82) is 0 Å². The van der Waals surface area contributed by atoms with Crippen molar-refractivity contribution in [2.24, 2.45) is 0 Å². The molecule has 1 aromatic rings. The highest BCUT2D eigenvalue weighted by Crippen LogP contribution is 2.17. The lowest BCUT2D eigenvalue weighted by Gasteiger charge is -2.04. The zero-order valence-electron chi connectivity index (χ0n) is 9.66. The second-order valence-corrected chi connectivity index (χ2v) is 4.58. The molecule has 0 aromatic heterocycles. The van der Waals surface area contributed by atoms with Gasteiger partial charge in [0.1, 0.15) is 0 Å². The Morgan fingerprint density at radius 2 is 2.06 bits per heavy atom. The minimum absolute atomic E-state index is 0.377. The van der Waals surface area contributed by atoms with Crippen molar-refractivity contribution < 1.29 is 9.53 Å². The predicted molar refractivity (Wildman–Crippen MR) is 67.0 cm³/mol. The largest absolute Gasteiger partial charge is 0.453 e. The summed E-state index contributed by atoms with van der Waals surface area (Å²) in [5.74, 6) is 1.09. The fraction of sp³-hybridized carbons (Fsp3) is 0.417. The Morgan fingerprint density at radius 1 is 1.38 bits per heavy atom. The van der Waals surface area contributed by atoms with E-state index in [-0.39, 0.29) is 6.09 Å². The number of hydrogen-bond acceptors (Lipinski definition) is 3. The summed E-state index contributed by atoms with van der Waals surface area (Å²) in [5, 5.41) is 2.65. The van der Waals surface area contributed by atoms with Crippen molar-refractivity contribution >= 4 is 17.9 Å². The molecule has 0 saturated heterocycles. The zero-order valence-corrected chi connectivity index (χ0v) is 10.5. The minimum atomic E-state index is -0.377. The number of alkyl carbamates (subject to hydrolysis) is 1. The minimum Gasteiger partial charge on any atom is -0.453 e. The van der Waals surface area contributed by atoms with E-state index in [2.05, 4.69) is 41.2 Å². The van der Waals surface area contributed by atoms with Gasteiger partial charge in [-0.1, -0.05) is 19.1 Å². The lowest BCUT2D eigenvalue weighted by atomic mass is 10.1. The molecule has 0 saturated carbocycles. The van der Waals surface area contributed by atoms with E-state index in [1.165, 1.54) is 17.6 Å². The van der Waals surface area contributed by atoms with Gasteiger partial charge in [-0.15, -0.1) is 11.8 Å². The predicted octanol–water partition coefficient (Wildman–Crippen LogP) is 2.70. The van der Waals surface area contributed by atoms with E-state index in [1.807, 2.05) is 11.8 Å². The molecular weight excluding hydrogens is 222 g/mol. The number of methoxy groups -OCH3 is 1. The molecule has 1 rings (SSSR count). The molecule has 0 spiro atoms. The molecule has 88 valence electrons. The van der Waals surface area contributed by atoms with Crippen LogP contribution in [0.25, 0.3) is 0 Å². The summed E-state index contributed by atoms with van der Waals surface area (Å²) < 4.78 is 4.49. The second-order valence-electron chi connectivity index (χ2n) is 3.25. The summed E-state index contributed by atoms with van der Waals surface area (Å²) >= 11 is 1.83. The molecule has 0 heterocycles. The maximum absolute atomic E-state index is 10.8. The van der Waals surface area contributed by atoms with E-state index >= 15 is 0 Å². The van der Waals surface area contributed by atoms with Gasteiger partial charge < -0.3 is 10.1 Å². The standard InChI is InChI=1S/C12H17NO2S/c1-3-16-11-6-4-10(5-7-11)8-9-13-12(14)15-2/h4-7H,3,8-9H2,1-2H3,(H,13,14). The molecule has 1 aromatic carbocycles. The molecule has 0 bridgehead atoms. The van der Waals surface area contributed by atoms with Crippen LogP contribution in [0, 0.1) is 0 Å². The number of amides is 1. The summed E-state index contributed by atoms with van der Waals surface area (Å²) in [5.41, 5.74) is 1.22.